The van der Waals surface area contributed by atoms with Gasteiger partial charge in [-0.15, -0.1) is 0 Å². The van der Waals surface area contributed by atoms with Gasteiger partial charge in [0.05, 0.1) is 11.9 Å². The lowest BCUT2D eigenvalue weighted by molar-refractivity contribution is 0.0729. The zero-order valence-corrected chi connectivity index (χ0v) is 12.5. The first kappa shape index (κ1) is 13.3. The van der Waals surface area contributed by atoms with Crippen molar-refractivity contribution < 1.29 is 4.79 Å². The molecular weight excluding hydrogens is 274 g/mol. The number of hydrogen-bond donors (Lipinski definition) is 1. The van der Waals surface area contributed by atoms with Crippen molar-refractivity contribution in [1.29, 1.82) is 0 Å². The van der Waals surface area contributed by atoms with Crippen LogP contribution in [-0.4, -0.2) is 28.4 Å². The number of carbonyl (C=O) groups is 1. The molecule has 0 radical (unpaired) electrons. The number of pyridine rings is 1. The van der Waals surface area contributed by atoms with Gasteiger partial charge < -0.3 is 10.2 Å². The van der Waals surface area contributed by atoms with Gasteiger partial charge in [0.25, 0.3) is 5.91 Å². The van der Waals surface area contributed by atoms with Crippen LogP contribution in [0.25, 0.3) is 0 Å². The molecule has 0 atom stereocenters. The second-order valence-electron chi connectivity index (χ2n) is 6.10. The average Bonchev–Trinajstić information content (AvgIpc) is 3.38. The van der Waals surface area contributed by atoms with Crippen LogP contribution in [0.3, 0.4) is 0 Å². The normalized spacial score (nSPS) is 17.0. The van der Waals surface area contributed by atoms with E-state index in [-0.39, 0.29) is 5.91 Å². The highest BCUT2D eigenvalue weighted by Gasteiger charge is 2.23. The number of aromatic nitrogens is 1. The summed E-state index contributed by atoms with van der Waals surface area (Å²) in [6, 6.07) is 12.7. The number of anilines is 1. The Balaban J connectivity index is 1.47. The predicted octanol–water partition coefficient (Wildman–Crippen LogP) is 2.85. The summed E-state index contributed by atoms with van der Waals surface area (Å²) >= 11 is 0. The Morgan fingerprint density at radius 3 is 2.68 bits per heavy atom. The lowest BCUT2D eigenvalue weighted by Gasteiger charge is -2.28. The maximum Gasteiger partial charge on any atom is 0.272 e. The van der Waals surface area contributed by atoms with Crippen LogP contribution >= 0.6 is 0 Å². The second kappa shape index (κ2) is 5.44. The molecule has 0 saturated heterocycles. The first-order valence-electron chi connectivity index (χ1n) is 7.88. The molecule has 1 aromatic carbocycles. The molecule has 2 aromatic rings. The van der Waals surface area contributed by atoms with E-state index in [1.54, 1.807) is 6.20 Å². The van der Waals surface area contributed by atoms with E-state index in [0.717, 1.165) is 18.7 Å². The minimum atomic E-state index is 0.0208. The lowest BCUT2D eigenvalue weighted by Crippen LogP contribution is -2.36. The van der Waals surface area contributed by atoms with E-state index in [9.17, 15) is 4.79 Å². The Labute approximate surface area is 130 Å². The number of nitrogens with one attached hydrogen (secondary N) is 1. The fraction of sp³-hybridized carbons (Fsp3) is 0.333. The third kappa shape index (κ3) is 2.69. The Hall–Kier alpha value is -2.36. The van der Waals surface area contributed by atoms with Crippen LogP contribution in [-0.2, 0) is 13.0 Å². The van der Waals surface area contributed by atoms with Crippen LogP contribution in [0.2, 0.25) is 0 Å². The number of amides is 1. The highest BCUT2D eigenvalue weighted by atomic mass is 16.2. The lowest BCUT2D eigenvalue weighted by atomic mass is 10.00. The molecule has 1 aliphatic carbocycles. The Kier molecular flexibility index (Phi) is 3.29. The average molecular weight is 293 g/mol. The third-order valence-corrected chi connectivity index (χ3v) is 4.35. The minimum Gasteiger partial charge on any atom is -0.381 e. The van der Waals surface area contributed by atoms with Crippen molar-refractivity contribution in [3.63, 3.8) is 0 Å². The first-order chi connectivity index (χ1) is 10.8. The molecule has 1 aromatic heterocycles. The third-order valence-electron chi connectivity index (χ3n) is 4.35. The summed E-state index contributed by atoms with van der Waals surface area (Å²) < 4.78 is 0. The fourth-order valence-electron chi connectivity index (χ4n) is 2.90. The molecule has 1 N–H and O–H groups in total. The number of fused-ring (bicyclic) bond motifs is 1. The SMILES string of the molecule is O=C(c1ccc(NC2CC2)cn1)N1CCc2ccccc2C1. The van der Waals surface area contributed by atoms with Gasteiger partial charge in [-0.2, -0.15) is 0 Å². The van der Waals surface area contributed by atoms with E-state index in [2.05, 4.69) is 28.5 Å². The predicted molar refractivity (Wildman–Crippen MR) is 85.8 cm³/mol. The molecule has 4 heteroatoms. The molecule has 112 valence electrons. The van der Waals surface area contributed by atoms with Gasteiger partial charge in [-0.05, 0) is 42.5 Å². The quantitative estimate of drug-likeness (QED) is 0.946. The summed E-state index contributed by atoms with van der Waals surface area (Å²) in [5.41, 5.74) is 4.13. The number of rotatable bonds is 3. The molecule has 0 spiro atoms. The molecule has 0 unspecified atom stereocenters. The van der Waals surface area contributed by atoms with E-state index in [1.807, 2.05) is 23.1 Å². The number of nitrogens with zero attached hydrogens (tertiary/aromatic N) is 2. The number of hydrogen-bond acceptors (Lipinski definition) is 3. The van der Waals surface area contributed by atoms with E-state index in [1.165, 1.54) is 24.0 Å². The van der Waals surface area contributed by atoms with Gasteiger partial charge >= 0.3 is 0 Å². The van der Waals surface area contributed by atoms with E-state index in [0.29, 0.717) is 18.3 Å². The van der Waals surface area contributed by atoms with Crippen molar-refractivity contribution >= 4 is 11.6 Å². The molecule has 1 fully saturated rings. The van der Waals surface area contributed by atoms with Gasteiger partial charge in [0, 0.05) is 19.1 Å². The van der Waals surface area contributed by atoms with Crippen molar-refractivity contribution in [3.05, 3.63) is 59.4 Å². The Bertz CT molecular complexity index is 692. The molecule has 2 heterocycles. The largest absolute Gasteiger partial charge is 0.381 e. The molecule has 2 aliphatic rings. The van der Waals surface area contributed by atoms with Crippen molar-refractivity contribution in [1.82, 2.24) is 9.88 Å². The van der Waals surface area contributed by atoms with Crippen molar-refractivity contribution in [2.75, 3.05) is 11.9 Å². The van der Waals surface area contributed by atoms with Crippen LogP contribution in [0.4, 0.5) is 5.69 Å². The summed E-state index contributed by atoms with van der Waals surface area (Å²) in [6.45, 7) is 1.44. The summed E-state index contributed by atoms with van der Waals surface area (Å²) in [4.78, 5) is 18.8. The van der Waals surface area contributed by atoms with Crippen LogP contribution < -0.4 is 5.32 Å². The Morgan fingerprint density at radius 2 is 1.95 bits per heavy atom. The van der Waals surface area contributed by atoms with Gasteiger partial charge in [0.15, 0.2) is 0 Å². The summed E-state index contributed by atoms with van der Waals surface area (Å²) in [5.74, 6) is 0.0208. The van der Waals surface area contributed by atoms with Crippen molar-refractivity contribution in [2.45, 2.75) is 31.8 Å². The molecule has 4 rings (SSSR count). The molecule has 1 aliphatic heterocycles. The molecule has 22 heavy (non-hydrogen) atoms. The Morgan fingerprint density at radius 1 is 1.14 bits per heavy atom. The molecular formula is C18H19N3O. The first-order valence-corrected chi connectivity index (χ1v) is 7.88. The summed E-state index contributed by atoms with van der Waals surface area (Å²) in [5, 5.41) is 3.39. The number of benzene rings is 1. The fourth-order valence-corrected chi connectivity index (χ4v) is 2.90. The topological polar surface area (TPSA) is 45.2 Å². The van der Waals surface area contributed by atoms with Gasteiger partial charge in [-0.3, -0.25) is 4.79 Å². The van der Waals surface area contributed by atoms with E-state index < -0.39 is 0 Å². The molecule has 0 bridgehead atoms. The van der Waals surface area contributed by atoms with Gasteiger partial charge in [0.1, 0.15) is 5.69 Å². The monoisotopic (exact) mass is 293 g/mol. The van der Waals surface area contributed by atoms with Crippen molar-refractivity contribution in [2.24, 2.45) is 0 Å². The highest BCUT2D eigenvalue weighted by molar-refractivity contribution is 5.92. The van der Waals surface area contributed by atoms with Gasteiger partial charge in [-0.25, -0.2) is 4.98 Å². The maximum atomic E-state index is 12.6. The zero-order chi connectivity index (χ0) is 14.9. The van der Waals surface area contributed by atoms with Gasteiger partial charge in [-0.1, -0.05) is 24.3 Å². The van der Waals surface area contributed by atoms with Crippen LogP contribution in [0.1, 0.15) is 34.5 Å². The van der Waals surface area contributed by atoms with E-state index in [4.69, 9.17) is 0 Å². The maximum absolute atomic E-state index is 12.6. The zero-order valence-electron chi connectivity index (χ0n) is 12.5. The molecule has 4 nitrogen and oxygen atoms in total. The molecule has 1 saturated carbocycles. The van der Waals surface area contributed by atoms with Gasteiger partial charge in [0.2, 0.25) is 0 Å². The molecule has 1 amide bonds. The highest BCUT2D eigenvalue weighted by Crippen LogP contribution is 2.24. The van der Waals surface area contributed by atoms with E-state index >= 15 is 0 Å². The van der Waals surface area contributed by atoms with Crippen LogP contribution in [0.5, 0.6) is 0 Å². The van der Waals surface area contributed by atoms with Crippen molar-refractivity contribution in [3.8, 4) is 0 Å². The van der Waals surface area contributed by atoms with Crippen LogP contribution in [0, 0.1) is 0 Å². The summed E-state index contributed by atoms with van der Waals surface area (Å²) in [7, 11) is 0. The van der Waals surface area contributed by atoms with Crippen LogP contribution in [0.15, 0.2) is 42.6 Å². The summed E-state index contributed by atoms with van der Waals surface area (Å²) in [6.07, 6.45) is 5.15. The smallest absolute Gasteiger partial charge is 0.272 e. The second-order valence-corrected chi connectivity index (χ2v) is 6.10. The standard InChI is InChI=1S/C18H19N3O/c22-18(17-8-7-16(11-19-17)20-15-5-6-15)21-10-9-13-3-1-2-4-14(13)12-21/h1-4,7-8,11,15,20H,5-6,9-10,12H2. The number of carbonyl (C=O) groups excluding carboxylic acids is 1. The minimum absolute atomic E-state index is 0.0208.